The van der Waals surface area contributed by atoms with Crippen LogP contribution < -0.4 is 0 Å². The van der Waals surface area contributed by atoms with E-state index in [9.17, 15) is 52.7 Å². The fraction of sp³-hybridized carbons (Fsp3) is 0.267. The molecule has 0 unspecified atom stereocenters. The van der Waals surface area contributed by atoms with Gasteiger partial charge in [0.2, 0.25) is 0 Å². The second-order valence-corrected chi connectivity index (χ2v) is 10.0. The Morgan fingerprint density at radius 2 is 0.786 bits per heavy atom. The number of allylic oxidation sites excluding steroid dienone is 2. The summed E-state index contributed by atoms with van der Waals surface area (Å²) in [6.07, 6.45) is -19.5. The van der Waals surface area contributed by atoms with E-state index in [1.807, 2.05) is 0 Å². The van der Waals surface area contributed by atoms with Crippen molar-refractivity contribution in [1.82, 2.24) is 0 Å². The predicted octanol–water partition coefficient (Wildman–Crippen LogP) is 10.8. The van der Waals surface area contributed by atoms with Crippen LogP contribution in [0.2, 0.25) is 0 Å². The maximum atomic E-state index is 13.8. The van der Waals surface area contributed by atoms with Crippen molar-refractivity contribution in [3.8, 4) is 22.3 Å². The van der Waals surface area contributed by atoms with E-state index in [2.05, 4.69) is 0 Å². The molecule has 3 aromatic carbocycles. The van der Waals surface area contributed by atoms with E-state index in [1.165, 1.54) is 0 Å². The van der Waals surface area contributed by atoms with Crippen LogP contribution in [0.5, 0.6) is 0 Å². The maximum Gasteiger partial charge on any atom is 0.416 e. The van der Waals surface area contributed by atoms with Gasteiger partial charge in [0, 0.05) is 11.1 Å². The molecular formula is C30H18F12. The van der Waals surface area contributed by atoms with Crippen molar-refractivity contribution in [3.05, 3.63) is 93.1 Å². The predicted molar refractivity (Wildman–Crippen MR) is 132 cm³/mol. The molecule has 12 heteroatoms. The van der Waals surface area contributed by atoms with Gasteiger partial charge < -0.3 is 0 Å². The summed E-state index contributed by atoms with van der Waals surface area (Å²) < 4.78 is 165. The van der Waals surface area contributed by atoms with Crippen LogP contribution in [0.3, 0.4) is 0 Å². The Morgan fingerprint density at radius 1 is 0.429 bits per heavy atom. The van der Waals surface area contributed by atoms with Gasteiger partial charge in [0.25, 0.3) is 0 Å². The molecule has 0 atom stereocenters. The zero-order chi connectivity index (χ0) is 30.8. The van der Waals surface area contributed by atoms with Crippen LogP contribution in [0.15, 0.2) is 59.7 Å². The van der Waals surface area contributed by atoms with Gasteiger partial charge in [-0.2, -0.15) is 52.7 Å². The largest absolute Gasteiger partial charge is 0.416 e. The molecule has 0 aliphatic heterocycles. The Morgan fingerprint density at radius 3 is 1.10 bits per heavy atom. The molecule has 0 fully saturated rings. The van der Waals surface area contributed by atoms with Crippen LogP contribution in [-0.4, -0.2) is 12.4 Å². The van der Waals surface area contributed by atoms with Gasteiger partial charge in [0.15, 0.2) is 0 Å². The van der Waals surface area contributed by atoms with Crippen molar-refractivity contribution < 1.29 is 52.7 Å². The molecule has 0 radical (unpaired) electrons. The average molecular weight is 606 g/mol. The van der Waals surface area contributed by atoms with Gasteiger partial charge in [-0.25, -0.2) is 0 Å². The molecule has 0 spiro atoms. The molecule has 2 aliphatic rings. The first kappa shape index (κ1) is 29.8. The highest BCUT2D eigenvalue weighted by atomic mass is 19.4. The fourth-order valence-electron chi connectivity index (χ4n) is 5.55. The fourth-order valence-corrected chi connectivity index (χ4v) is 5.55. The lowest BCUT2D eigenvalue weighted by molar-refractivity contribution is -0.138. The minimum absolute atomic E-state index is 0.178. The minimum Gasteiger partial charge on any atom is -0.166 e. The highest BCUT2D eigenvalue weighted by Gasteiger charge is 2.40. The van der Waals surface area contributed by atoms with Gasteiger partial charge in [-0.05, 0) is 107 Å². The van der Waals surface area contributed by atoms with E-state index in [-0.39, 0.29) is 57.3 Å². The number of halogens is 12. The molecule has 0 bridgehead atoms. The zero-order valence-electron chi connectivity index (χ0n) is 21.1. The van der Waals surface area contributed by atoms with Gasteiger partial charge in [0.05, 0.1) is 11.1 Å². The second-order valence-electron chi connectivity index (χ2n) is 10.0. The zero-order valence-corrected chi connectivity index (χ0v) is 21.1. The summed E-state index contributed by atoms with van der Waals surface area (Å²) in [5, 5.41) is 0. The summed E-state index contributed by atoms with van der Waals surface area (Å²) in [7, 11) is 0. The van der Waals surface area contributed by atoms with E-state index in [0.29, 0.717) is 24.3 Å². The molecule has 42 heavy (non-hydrogen) atoms. The lowest BCUT2D eigenvalue weighted by Crippen LogP contribution is -2.21. The van der Waals surface area contributed by atoms with Gasteiger partial charge >= 0.3 is 24.7 Å². The second kappa shape index (κ2) is 9.95. The first-order valence-electron chi connectivity index (χ1n) is 12.5. The molecule has 5 rings (SSSR count). The average Bonchev–Trinajstić information content (AvgIpc) is 2.90. The number of benzene rings is 3. The third kappa shape index (κ3) is 5.55. The molecule has 0 N–H and O–H groups in total. The summed E-state index contributed by atoms with van der Waals surface area (Å²) in [6.45, 7) is 0. The van der Waals surface area contributed by atoms with E-state index in [1.54, 1.807) is 0 Å². The summed E-state index contributed by atoms with van der Waals surface area (Å²) in [5.41, 5.74) is -5.55. The Kier molecular flexibility index (Phi) is 7.05. The quantitative estimate of drug-likeness (QED) is 0.255. The number of hydrogen-bond donors (Lipinski definition) is 0. The first-order chi connectivity index (χ1) is 19.4. The van der Waals surface area contributed by atoms with Crippen molar-refractivity contribution in [2.45, 2.75) is 50.4 Å². The normalized spacial score (nSPS) is 16.0. The van der Waals surface area contributed by atoms with E-state index in [0.717, 1.165) is 36.4 Å². The number of rotatable bonds is 2. The van der Waals surface area contributed by atoms with Crippen molar-refractivity contribution >= 4 is 12.2 Å². The van der Waals surface area contributed by atoms with Crippen LogP contribution in [0.1, 0.15) is 46.2 Å². The number of alkyl halides is 12. The molecule has 222 valence electrons. The summed E-state index contributed by atoms with van der Waals surface area (Å²) >= 11 is 0. The van der Waals surface area contributed by atoms with Crippen molar-refractivity contribution in [2.24, 2.45) is 0 Å². The minimum atomic E-state index is -4.89. The van der Waals surface area contributed by atoms with Crippen molar-refractivity contribution in [1.29, 1.82) is 0 Å². The molecule has 2 aliphatic carbocycles. The van der Waals surface area contributed by atoms with Crippen LogP contribution in [0, 0.1) is 0 Å². The lowest BCUT2D eigenvalue weighted by Gasteiger charge is -2.31. The highest BCUT2D eigenvalue weighted by molar-refractivity contribution is 5.98. The Labute approximate surface area is 231 Å². The molecule has 0 amide bonds. The Hall–Kier alpha value is -3.70. The molecule has 0 heterocycles. The Balaban J connectivity index is 1.98. The summed E-state index contributed by atoms with van der Waals surface area (Å²) in [4.78, 5) is 0. The monoisotopic (exact) mass is 606 g/mol. The highest BCUT2D eigenvalue weighted by Crippen LogP contribution is 2.51. The lowest BCUT2D eigenvalue weighted by atomic mass is 9.73. The topological polar surface area (TPSA) is 0 Å². The molecule has 0 saturated carbocycles. The molecule has 0 saturated heterocycles. The van der Waals surface area contributed by atoms with Gasteiger partial charge in [-0.1, -0.05) is 24.3 Å². The Bertz CT molecular complexity index is 1490. The maximum absolute atomic E-state index is 13.8. The van der Waals surface area contributed by atoms with E-state index in [4.69, 9.17) is 0 Å². The van der Waals surface area contributed by atoms with Gasteiger partial charge in [0.1, 0.15) is 0 Å². The standard InChI is InChI=1S/C30H18F12/c31-27(32,33)17-5-1-3-15(11-17)25-23-13-19(29(37,38)39)7-9-21(23)22-10-8-20(30(40,41)42)14-24(22)26(25)16-4-2-6-18(12-16)28(34,35)36/h1-6,11-14H,7-10H2. The van der Waals surface area contributed by atoms with Crippen molar-refractivity contribution in [2.75, 3.05) is 0 Å². The molecule has 0 aromatic heterocycles. The third-order valence-electron chi connectivity index (χ3n) is 7.41. The molecule has 0 nitrogen and oxygen atoms in total. The molecular weight excluding hydrogens is 588 g/mol. The van der Waals surface area contributed by atoms with Crippen LogP contribution >= 0.6 is 0 Å². The SMILES string of the molecule is FC(F)(F)C1=Cc2c(c3c(c(-c4cccc(C(F)(F)F)c4)c2-c2cccc(C(F)(F)F)c2)C=C(C(F)(F)F)CC3)CC1. The molecule has 3 aromatic rings. The summed E-state index contributed by atoms with van der Waals surface area (Å²) in [5.74, 6) is 0. The van der Waals surface area contributed by atoms with E-state index < -0.39 is 59.8 Å². The van der Waals surface area contributed by atoms with Gasteiger partial charge in [-0.15, -0.1) is 0 Å². The van der Waals surface area contributed by atoms with Crippen LogP contribution in [-0.2, 0) is 25.2 Å². The number of hydrogen-bond acceptors (Lipinski definition) is 0. The number of fused-ring (bicyclic) bond motifs is 3. The summed E-state index contributed by atoms with van der Waals surface area (Å²) in [6, 6.07) is 6.91. The van der Waals surface area contributed by atoms with Gasteiger partial charge in [-0.3, -0.25) is 0 Å². The van der Waals surface area contributed by atoms with Crippen LogP contribution in [0.25, 0.3) is 34.4 Å². The first-order valence-corrected chi connectivity index (χ1v) is 12.5. The van der Waals surface area contributed by atoms with E-state index >= 15 is 0 Å². The smallest absolute Gasteiger partial charge is 0.166 e. The van der Waals surface area contributed by atoms with Crippen molar-refractivity contribution in [3.63, 3.8) is 0 Å². The third-order valence-corrected chi connectivity index (χ3v) is 7.41. The van der Waals surface area contributed by atoms with Crippen LogP contribution in [0.4, 0.5) is 52.7 Å².